The number of hydrogen-bond donors (Lipinski definition) is 0. The van der Waals surface area contributed by atoms with Gasteiger partial charge in [0.05, 0.1) is 0 Å². The molecular weight excluding hydrogens is 142 g/mol. The molecule has 2 amide bonds. The van der Waals surface area contributed by atoms with Gasteiger partial charge in [0.25, 0.3) is 0 Å². The highest BCUT2D eigenvalue weighted by molar-refractivity contribution is 5.94. The molecule has 0 heterocycles. The standard InChI is InChI=1S/C8H14NO2/c1-3-5-6-8(11)9-7(10)4-2/h3-6H2,1-2H3. The first-order chi connectivity index (χ1) is 5.20. The van der Waals surface area contributed by atoms with Crippen molar-refractivity contribution < 1.29 is 9.59 Å². The SMILES string of the molecule is CCCCC(=O)[N]C(=O)CC. The fraction of sp³-hybridized carbons (Fsp3) is 0.750. The molecule has 3 heteroatoms. The summed E-state index contributed by atoms with van der Waals surface area (Å²) in [5.74, 6) is -0.593. The van der Waals surface area contributed by atoms with Crippen molar-refractivity contribution in [1.82, 2.24) is 5.32 Å². The summed E-state index contributed by atoms with van der Waals surface area (Å²) in [6, 6.07) is 0. The molecule has 1 radical (unpaired) electrons. The minimum Gasteiger partial charge on any atom is -0.273 e. The molecule has 3 nitrogen and oxygen atoms in total. The number of nitrogens with zero attached hydrogens (tertiary/aromatic N) is 1. The Labute approximate surface area is 67.2 Å². The van der Waals surface area contributed by atoms with Crippen molar-refractivity contribution in [2.75, 3.05) is 0 Å². The molecule has 0 bridgehead atoms. The van der Waals surface area contributed by atoms with Crippen LogP contribution in [0, 0.1) is 0 Å². The van der Waals surface area contributed by atoms with Gasteiger partial charge in [0.1, 0.15) is 0 Å². The van der Waals surface area contributed by atoms with Crippen LogP contribution in [0.5, 0.6) is 0 Å². The molecule has 63 valence electrons. The molecule has 0 saturated heterocycles. The van der Waals surface area contributed by atoms with Crippen LogP contribution in [-0.2, 0) is 9.59 Å². The Balaban J connectivity index is 3.44. The van der Waals surface area contributed by atoms with Gasteiger partial charge in [-0.25, -0.2) is 0 Å². The molecular formula is C8H14NO2. The lowest BCUT2D eigenvalue weighted by atomic mass is 10.2. The minimum atomic E-state index is -0.314. The number of imide groups is 1. The summed E-state index contributed by atoms with van der Waals surface area (Å²) in [5.41, 5.74) is 0. The summed E-state index contributed by atoms with van der Waals surface area (Å²) in [5, 5.41) is 3.36. The smallest absolute Gasteiger partial charge is 0.248 e. The van der Waals surface area contributed by atoms with Crippen molar-refractivity contribution in [2.24, 2.45) is 0 Å². The van der Waals surface area contributed by atoms with Crippen molar-refractivity contribution >= 4 is 11.8 Å². The van der Waals surface area contributed by atoms with E-state index in [0.29, 0.717) is 12.8 Å². The van der Waals surface area contributed by atoms with Crippen LogP contribution in [0.15, 0.2) is 0 Å². The Bertz CT molecular complexity index is 143. The molecule has 0 aliphatic carbocycles. The van der Waals surface area contributed by atoms with Gasteiger partial charge in [0.2, 0.25) is 11.8 Å². The Morgan fingerprint density at radius 1 is 1.18 bits per heavy atom. The second-order valence-corrected chi connectivity index (χ2v) is 2.36. The fourth-order valence-corrected chi connectivity index (χ4v) is 0.602. The first kappa shape index (κ1) is 10.1. The van der Waals surface area contributed by atoms with E-state index in [0.717, 1.165) is 12.8 Å². The number of carbonyl (C=O) groups is 2. The molecule has 0 aromatic carbocycles. The minimum absolute atomic E-state index is 0.279. The van der Waals surface area contributed by atoms with Gasteiger partial charge in [0.15, 0.2) is 0 Å². The van der Waals surface area contributed by atoms with Crippen LogP contribution in [0.4, 0.5) is 0 Å². The zero-order chi connectivity index (χ0) is 8.69. The van der Waals surface area contributed by atoms with Crippen LogP contribution in [-0.4, -0.2) is 11.8 Å². The average Bonchev–Trinajstić information content (AvgIpc) is 2.00. The lowest BCUT2D eigenvalue weighted by molar-refractivity contribution is -0.130. The second kappa shape index (κ2) is 5.89. The third kappa shape index (κ3) is 5.58. The van der Waals surface area contributed by atoms with E-state index in [2.05, 4.69) is 5.32 Å². The molecule has 0 atom stereocenters. The molecule has 0 unspecified atom stereocenters. The maximum Gasteiger partial charge on any atom is 0.248 e. The van der Waals surface area contributed by atoms with Gasteiger partial charge in [0, 0.05) is 12.8 Å². The van der Waals surface area contributed by atoms with Crippen molar-refractivity contribution in [1.29, 1.82) is 0 Å². The van der Waals surface area contributed by atoms with Gasteiger partial charge >= 0.3 is 0 Å². The largest absolute Gasteiger partial charge is 0.273 e. The number of amides is 2. The van der Waals surface area contributed by atoms with E-state index < -0.39 is 0 Å². The summed E-state index contributed by atoms with van der Waals surface area (Å²) in [7, 11) is 0. The van der Waals surface area contributed by atoms with E-state index in [4.69, 9.17) is 0 Å². The second-order valence-electron chi connectivity index (χ2n) is 2.36. The van der Waals surface area contributed by atoms with Crippen molar-refractivity contribution in [2.45, 2.75) is 39.5 Å². The summed E-state index contributed by atoms with van der Waals surface area (Å²) >= 11 is 0. The van der Waals surface area contributed by atoms with E-state index in [1.165, 1.54) is 0 Å². The molecule has 0 N–H and O–H groups in total. The molecule has 0 fully saturated rings. The van der Waals surface area contributed by atoms with Crippen LogP contribution in [0.1, 0.15) is 39.5 Å². The third-order valence-corrected chi connectivity index (χ3v) is 1.30. The van der Waals surface area contributed by atoms with Crippen LogP contribution in [0.2, 0.25) is 0 Å². The predicted molar refractivity (Wildman–Crippen MR) is 42.0 cm³/mol. The van der Waals surface area contributed by atoms with E-state index >= 15 is 0 Å². The van der Waals surface area contributed by atoms with Gasteiger partial charge < -0.3 is 0 Å². The third-order valence-electron chi connectivity index (χ3n) is 1.30. The lowest BCUT2D eigenvalue weighted by Crippen LogP contribution is -2.21. The highest BCUT2D eigenvalue weighted by Crippen LogP contribution is 1.94. The molecule has 0 aromatic heterocycles. The van der Waals surface area contributed by atoms with E-state index in [1.807, 2.05) is 6.92 Å². The zero-order valence-electron chi connectivity index (χ0n) is 7.09. The number of rotatable bonds is 4. The predicted octanol–water partition coefficient (Wildman–Crippen LogP) is 1.24. The van der Waals surface area contributed by atoms with E-state index in [9.17, 15) is 9.59 Å². The molecule has 0 rings (SSSR count). The average molecular weight is 156 g/mol. The van der Waals surface area contributed by atoms with Crippen molar-refractivity contribution in [3.63, 3.8) is 0 Å². The molecule has 0 saturated carbocycles. The number of hydrogen-bond acceptors (Lipinski definition) is 2. The summed E-state index contributed by atoms with van der Waals surface area (Å²) < 4.78 is 0. The number of carbonyl (C=O) groups excluding carboxylic acids is 2. The van der Waals surface area contributed by atoms with Gasteiger partial charge in [-0.1, -0.05) is 20.3 Å². The van der Waals surface area contributed by atoms with E-state index in [-0.39, 0.29) is 11.8 Å². The summed E-state index contributed by atoms with van der Waals surface area (Å²) in [6.07, 6.45) is 2.50. The van der Waals surface area contributed by atoms with Crippen LogP contribution in [0.3, 0.4) is 0 Å². The van der Waals surface area contributed by atoms with Crippen LogP contribution < -0.4 is 5.32 Å². The van der Waals surface area contributed by atoms with Crippen LogP contribution in [0.25, 0.3) is 0 Å². The van der Waals surface area contributed by atoms with Gasteiger partial charge in [-0.3, -0.25) is 9.59 Å². The maximum absolute atomic E-state index is 10.8. The first-order valence-electron chi connectivity index (χ1n) is 3.98. The number of unbranched alkanes of at least 4 members (excludes halogenated alkanes) is 1. The first-order valence-corrected chi connectivity index (χ1v) is 3.98. The summed E-state index contributed by atoms with van der Waals surface area (Å²) in [4.78, 5) is 21.4. The molecule has 0 aliphatic heterocycles. The van der Waals surface area contributed by atoms with Gasteiger partial charge in [-0.2, -0.15) is 5.32 Å². The Morgan fingerprint density at radius 2 is 1.82 bits per heavy atom. The maximum atomic E-state index is 10.8. The fourth-order valence-electron chi connectivity index (χ4n) is 0.602. The normalized spacial score (nSPS) is 9.27. The summed E-state index contributed by atoms with van der Waals surface area (Å²) in [6.45, 7) is 3.69. The van der Waals surface area contributed by atoms with Gasteiger partial charge in [-0.05, 0) is 6.42 Å². The zero-order valence-corrected chi connectivity index (χ0v) is 7.09. The molecule has 0 aliphatic rings. The highest BCUT2D eigenvalue weighted by atomic mass is 16.2. The molecule has 11 heavy (non-hydrogen) atoms. The monoisotopic (exact) mass is 156 g/mol. The van der Waals surface area contributed by atoms with Gasteiger partial charge in [-0.15, -0.1) is 0 Å². The molecule has 0 aromatic rings. The van der Waals surface area contributed by atoms with Crippen molar-refractivity contribution in [3.8, 4) is 0 Å². The van der Waals surface area contributed by atoms with Crippen molar-refractivity contribution in [3.05, 3.63) is 0 Å². The Hall–Kier alpha value is -0.860. The Morgan fingerprint density at radius 3 is 2.27 bits per heavy atom. The quantitative estimate of drug-likeness (QED) is 0.615. The topological polar surface area (TPSA) is 48.2 Å². The van der Waals surface area contributed by atoms with E-state index in [1.54, 1.807) is 6.92 Å². The van der Waals surface area contributed by atoms with Crippen LogP contribution >= 0.6 is 0 Å². The Kier molecular flexibility index (Phi) is 5.43. The lowest BCUT2D eigenvalue weighted by Gasteiger charge is -1.96. The molecule has 0 spiro atoms. The highest BCUT2D eigenvalue weighted by Gasteiger charge is 2.06.